The zero-order chi connectivity index (χ0) is 20.5. The molecule has 0 bridgehead atoms. The molecule has 1 heterocycles. The van der Waals surface area contributed by atoms with Gasteiger partial charge in [-0.15, -0.1) is 11.3 Å². The van der Waals surface area contributed by atoms with E-state index in [1.165, 1.54) is 23.5 Å². The number of rotatable bonds is 6. The number of nitrogens with zero attached hydrogens (tertiary/aromatic N) is 2. The molecular formula is C16H9ClN2O7S2. The average molecular weight is 441 g/mol. The number of thiophene rings is 1. The Bertz CT molecular complexity index is 1180. The van der Waals surface area contributed by atoms with Crippen molar-refractivity contribution in [1.82, 2.24) is 0 Å². The van der Waals surface area contributed by atoms with Crippen LogP contribution < -0.4 is 4.18 Å². The molecule has 0 unspecified atom stereocenters. The number of benzene rings is 2. The molecule has 2 aromatic carbocycles. The number of nitro groups is 2. The van der Waals surface area contributed by atoms with E-state index in [4.69, 9.17) is 15.8 Å². The normalized spacial score (nSPS) is 11.2. The first-order valence-electron chi connectivity index (χ1n) is 7.40. The van der Waals surface area contributed by atoms with Gasteiger partial charge in [-0.1, -0.05) is 17.7 Å². The maximum absolute atomic E-state index is 12.7. The molecule has 0 saturated heterocycles. The van der Waals surface area contributed by atoms with E-state index >= 15 is 0 Å². The topological polar surface area (TPSA) is 130 Å². The fraction of sp³-hybridized carbons (Fsp3) is 0. The molecule has 0 N–H and O–H groups in total. The molecule has 0 aliphatic heterocycles. The number of non-ortho nitro benzene ring substituents is 1. The van der Waals surface area contributed by atoms with Gasteiger partial charge in [0.2, 0.25) is 0 Å². The van der Waals surface area contributed by atoms with Gasteiger partial charge in [-0.3, -0.25) is 20.2 Å². The van der Waals surface area contributed by atoms with E-state index in [-0.39, 0.29) is 22.0 Å². The molecule has 0 spiro atoms. The van der Waals surface area contributed by atoms with Gasteiger partial charge in [0.1, 0.15) is 0 Å². The molecular weight excluding hydrogens is 432 g/mol. The van der Waals surface area contributed by atoms with Gasteiger partial charge < -0.3 is 4.18 Å². The Morgan fingerprint density at radius 2 is 1.75 bits per heavy atom. The summed E-state index contributed by atoms with van der Waals surface area (Å²) in [5.74, 6) is -0.197. The summed E-state index contributed by atoms with van der Waals surface area (Å²) in [6, 6.07) is 9.74. The lowest BCUT2D eigenvalue weighted by Gasteiger charge is -2.11. The van der Waals surface area contributed by atoms with Crippen LogP contribution in [0.1, 0.15) is 0 Å². The summed E-state index contributed by atoms with van der Waals surface area (Å²) in [4.78, 5) is 20.6. The second kappa shape index (κ2) is 7.54. The summed E-state index contributed by atoms with van der Waals surface area (Å²) >= 11 is 6.93. The first-order valence-corrected chi connectivity index (χ1v) is 10.1. The number of nitro benzene ring substituents is 2. The number of hydrogen-bond donors (Lipinski definition) is 0. The Hall–Kier alpha value is -3.02. The zero-order valence-electron chi connectivity index (χ0n) is 13.6. The summed E-state index contributed by atoms with van der Waals surface area (Å²) in [7, 11) is -4.62. The van der Waals surface area contributed by atoms with Crippen molar-refractivity contribution in [2.24, 2.45) is 0 Å². The van der Waals surface area contributed by atoms with Crippen LogP contribution in [0.5, 0.6) is 5.75 Å². The molecule has 3 rings (SSSR count). The van der Waals surface area contributed by atoms with Crippen LogP contribution in [-0.4, -0.2) is 18.3 Å². The van der Waals surface area contributed by atoms with Crippen molar-refractivity contribution in [3.05, 3.63) is 79.2 Å². The minimum absolute atomic E-state index is 0.0136. The van der Waals surface area contributed by atoms with Gasteiger partial charge >= 0.3 is 10.1 Å². The van der Waals surface area contributed by atoms with E-state index in [9.17, 15) is 28.6 Å². The molecule has 0 fully saturated rings. The van der Waals surface area contributed by atoms with Gasteiger partial charge in [0.15, 0.2) is 10.6 Å². The highest BCUT2D eigenvalue weighted by Gasteiger charge is 2.29. The van der Waals surface area contributed by atoms with Crippen LogP contribution in [-0.2, 0) is 10.1 Å². The fourth-order valence-electron chi connectivity index (χ4n) is 2.34. The van der Waals surface area contributed by atoms with Gasteiger partial charge in [0.05, 0.1) is 9.85 Å². The standard InChI is InChI=1S/C16H9ClN2O7S2/c17-10-3-6-16(13(8-10)19(22)23)28(24,25)26-14-5-4-11(18(20)21)9-12(14)15-2-1-7-27-15/h1-9H. The molecule has 1 aromatic heterocycles. The van der Waals surface area contributed by atoms with E-state index < -0.39 is 30.5 Å². The maximum atomic E-state index is 12.7. The van der Waals surface area contributed by atoms with Gasteiger partial charge in [-0.25, -0.2) is 0 Å². The van der Waals surface area contributed by atoms with Crippen LogP contribution in [0.4, 0.5) is 11.4 Å². The van der Waals surface area contributed by atoms with Gasteiger partial charge in [0, 0.05) is 33.7 Å². The van der Waals surface area contributed by atoms with Gasteiger partial charge in [-0.2, -0.15) is 8.42 Å². The summed E-state index contributed by atoms with van der Waals surface area (Å²) < 4.78 is 30.5. The smallest absolute Gasteiger partial charge is 0.346 e. The van der Waals surface area contributed by atoms with Crippen LogP contribution in [0.25, 0.3) is 10.4 Å². The largest absolute Gasteiger partial charge is 0.378 e. The second-order valence-corrected chi connectivity index (χ2v) is 8.22. The number of halogens is 1. The molecule has 0 aliphatic carbocycles. The highest BCUT2D eigenvalue weighted by molar-refractivity contribution is 7.87. The Balaban J connectivity index is 2.11. The summed E-state index contributed by atoms with van der Waals surface area (Å²) in [5, 5.41) is 23.9. The fourth-order valence-corrected chi connectivity index (χ4v) is 4.35. The van der Waals surface area contributed by atoms with Crippen LogP contribution in [0.3, 0.4) is 0 Å². The van der Waals surface area contributed by atoms with E-state index in [1.807, 2.05) is 0 Å². The monoisotopic (exact) mass is 440 g/mol. The molecule has 12 heteroatoms. The molecule has 0 saturated carbocycles. The quantitative estimate of drug-likeness (QED) is 0.309. The highest BCUT2D eigenvalue weighted by atomic mass is 35.5. The van der Waals surface area contributed by atoms with Crippen LogP contribution in [0.2, 0.25) is 5.02 Å². The Morgan fingerprint density at radius 3 is 2.36 bits per heavy atom. The van der Waals surface area contributed by atoms with E-state index in [0.717, 1.165) is 24.3 Å². The van der Waals surface area contributed by atoms with Crippen molar-refractivity contribution >= 4 is 44.4 Å². The summed E-state index contributed by atoms with van der Waals surface area (Å²) in [5.41, 5.74) is -0.831. The summed E-state index contributed by atoms with van der Waals surface area (Å²) in [6.07, 6.45) is 0. The first kappa shape index (κ1) is 19.7. The lowest BCUT2D eigenvalue weighted by atomic mass is 10.1. The number of hydrogen-bond acceptors (Lipinski definition) is 8. The van der Waals surface area contributed by atoms with Gasteiger partial charge in [0.25, 0.3) is 11.4 Å². The van der Waals surface area contributed by atoms with Crippen LogP contribution in [0.15, 0.2) is 58.8 Å². The molecule has 0 radical (unpaired) electrons. The molecule has 3 aromatic rings. The van der Waals surface area contributed by atoms with Crippen molar-refractivity contribution in [3.8, 4) is 16.2 Å². The Kier molecular flexibility index (Phi) is 5.31. The lowest BCUT2D eigenvalue weighted by Crippen LogP contribution is -2.12. The third-order valence-electron chi connectivity index (χ3n) is 3.55. The maximum Gasteiger partial charge on any atom is 0.346 e. The van der Waals surface area contributed by atoms with E-state index in [0.29, 0.717) is 4.88 Å². The highest BCUT2D eigenvalue weighted by Crippen LogP contribution is 2.38. The minimum atomic E-state index is -4.62. The van der Waals surface area contributed by atoms with Crippen molar-refractivity contribution in [2.45, 2.75) is 4.90 Å². The Labute approximate surface area is 167 Å². The average Bonchev–Trinajstić information content (AvgIpc) is 3.15. The molecule has 144 valence electrons. The van der Waals surface area contributed by atoms with E-state index in [1.54, 1.807) is 17.5 Å². The molecule has 9 nitrogen and oxygen atoms in total. The minimum Gasteiger partial charge on any atom is -0.378 e. The van der Waals surface area contributed by atoms with E-state index in [2.05, 4.69) is 0 Å². The second-order valence-electron chi connectivity index (χ2n) is 5.32. The Morgan fingerprint density at radius 1 is 1.00 bits per heavy atom. The SMILES string of the molecule is O=[N+]([O-])c1ccc(OS(=O)(=O)c2ccc(Cl)cc2[N+](=O)[O-])c(-c2cccs2)c1. The van der Waals surface area contributed by atoms with Crippen LogP contribution >= 0.6 is 22.9 Å². The predicted octanol–water partition coefficient (Wildman–Crippen LogP) is 4.65. The molecule has 0 atom stereocenters. The van der Waals surface area contributed by atoms with Crippen molar-refractivity contribution in [3.63, 3.8) is 0 Å². The van der Waals surface area contributed by atoms with Gasteiger partial charge in [-0.05, 0) is 29.6 Å². The van der Waals surface area contributed by atoms with Crippen molar-refractivity contribution < 1.29 is 22.4 Å². The molecule has 28 heavy (non-hydrogen) atoms. The van der Waals surface area contributed by atoms with Crippen molar-refractivity contribution in [2.75, 3.05) is 0 Å². The lowest BCUT2D eigenvalue weighted by molar-refractivity contribution is -0.387. The first-order chi connectivity index (χ1) is 13.2. The third kappa shape index (κ3) is 3.96. The summed E-state index contributed by atoms with van der Waals surface area (Å²) in [6.45, 7) is 0. The molecule has 0 aliphatic rings. The molecule has 0 amide bonds. The van der Waals surface area contributed by atoms with Crippen LogP contribution in [0, 0.1) is 20.2 Å². The zero-order valence-corrected chi connectivity index (χ0v) is 16.0. The predicted molar refractivity (Wildman–Crippen MR) is 102 cm³/mol. The van der Waals surface area contributed by atoms with Crippen molar-refractivity contribution in [1.29, 1.82) is 0 Å². The third-order valence-corrected chi connectivity index (χ3v) is 5.97.